The zero-order valence-electron chi connectivity index (χ0n) is 16.5. The number of hydrogen-bond donors (Lipinski definition) is 2. The van der Waals surface area contributed by atoms with E-state index in [9.17, 15) is 9.59 Å². The topological polar surface area (TPSA) is 64.7 Å². The first kappa shape index (κ1) is 20.5. The Hall–Kier alpha value is -2.22. The maximum atomic E-state index is 12.3. The predicted octanol–water partition coefficient (Wildman–Crippen LogP) is 2.06. The van der Waals surface area contributed by atoms with E-state index in [0.29, 0.717) is 18.0 Å². The van der Waals surface area contributed by atoms with Crippen molar-refractivity contribution >= 4 is 23.2 Å². The summed E-state index contributed by atoms with van der Waals surface area (Å²) in [7, 11) is 2.17. The zero-order valence-corrected chi connectivity index (χ0v) is 17.3. The van der Waals surface area contributed by atoms with E-state index in [4.69, 9.17) is 0 Å². The second-order valence-corrected chi connectivity index (χ2v) is 8.42. The Balaban J connectivity index is 1.45. The molecular weight excluding hydrogens is 372 g/mol. The molecule has 2 amide bonds. The Kier molecular flexibility index (Phi) is 7.19. The van der Waals surface area contributed by atoms with Gasteiger partial charge in [-0.3, -0.25) is 14.5 Å². The summed E-state index contributed by atoms with van der Waals surface area (Å²) in [4.78, 5) is 29.8. The molecule has 0 bridgehead atoms. The monoisotopic (exact) mass is 400 g/mol. The number of benzene rings is 1. The molecule has 2 heterocycles. The number of amides is 2. The van der Waals surface area contributed by atoms with Crippen LogP contribution in [-0.4, -0.2) is 54.8 Å². The molecular formula is C21H28N4O2S. The van der Waals surface area contributed by atoms with Gasteiger partial charge in [-0.1, -0.05) is 24.3 Å². The summed E-state index contributed by atoms with van der Waals surface area (Å²) in [6, 6.07) is 12.1. The summed E-state index contributed by atoms with van der Waals surface area (Å²) < 4.78 is 0. The lowest BCUT2D eigenvalue weighted by molar-refractivity contribution is -0.119. The third-order valence-corrected chi connectivity index (χ3v) is 5.96. The van der Waals surface area contributed by atoms with Crippen LogP contribution in [0.3, 0.4) is 0 Å². The average Bonchev–Trinajstić information content (AvgIpc) is 3.16. The molecule has 150 valence electrons. The maximum Gasteiger partial charge on any atom is 0.261 e. The van der Waals surface area contributed by atoms with Crippen molar-refractivity contribution in [3.8, 4) is 0 Å². The number of likely N-dealkylation sites (N-methyl/N-ethyl adjacent to an activating group) is 1. The zero-order chi connectivity index (χ0) is 19.9. The first-order valence-electron chi connectivity index (χ1n) is 9.59. The summed E-state index contributed by atoms with van der Waals surface area (Å²) in [5.74, 6) is -0.156. The first-order chi connectivity index (χ1) is 13.5. The van der Waals surface area contributed by atoms with E-state index in [1.165, 1.54) is 23.8 Å². The lowest BCUT2D eigenvalue weighted by Crippen LogP contribution is -2.43. The highest BCUT2D eigenvalue weighted by Crippen LogP contribution is 2.16. The molecule has 0 saturated carbocycles. The Labute approximate surface area is 170 Å². The summed E-state index contributed by atoms with van der Waals surface area (Å²) in [5, 5.41) is 5.71. The molecule has 0 spiro atoms. The number of nitrogens with zero attached hydrogens (tertiary/aromatic N) is 2. The number of thiophene rings is 1. The fraction of sp³-hybridized carbons (Fsp3) is 0.429. The Bertz CT molecular complexity index is 795. The minimum Gasteiger partial charge on any atom is -0.351 e. The second-order valence-electron chi connectivity index (χ2n) is 7.25. The third-order valence-electron chi connectivity index (χ3n) is 4.88. The van der Waals surface area contributed by atoms with Crippen LogP contribution in [0.15, 0.2) is 36.4 Å². The molecule has 2 N–H and O–H groups in total. The molecule has 1 aromatic carbocycles. The Morgan fingerprint density at radius 2 is 1.61 bits per heavy atom. The molecule has 2 aromatic rings. The smallest absolute Gasteiger partial charge is 0.261 e. The molecule has 1 fully saturated rings. The van der Waals surface area contributed by atoms with Gasteiger partial charge in [0, 0.05) is 51.1 Å². The molecule has 1 saturated heterocycles. The molecule has 1 aliphatic heterocycles. The minimum atomic E-state index is -0.0828. The highest BCUT2D eigenvalue weighted by molar-refractivity contribution is 7.14. The van der Waals surface area contributed by atoms with Crippen LogP contribution in [0.25, 0.3) is 0 Å². The minimum absolute atomic E-state index is 0.0736. The van der Waals surface area contributed by atoms with Gasteiger partial charge in [-0.25, -0.2) is 0 Å². The van der Waals surface area contributed by atoms with Crippen LogP contribution < -0.4 is 10.6 Å². The summed E-state index contributed by atoms with van der Waals surface area (Å²) in [6.07, 6.45) is 0. The van der Waals surface area contributed by atoms with Gasteiger partial charge < -0.3 is 15.5 Å². The van der Waals surface area contributed by atoms with Gasteiger partial charge in [-0.2, -0.15) is 0 Å². The largest absolute Gasteiger partial charge is 0.351 e. The van der Waals surface area contributed by atoms with Crippen molar-refractivity contribution in [2.24, 2.45) is 0 Å². The van der Waals surface area contributed by atoms with Gasteiger partial charge in [0.15, 0.2) is 0 Å². The third kappa shape index (κ3) is 6.15. The maximum absolute atomic E-state index is 12.3. The van der Waals surface area contributed by atoms with E-state index in [1.807, 2.05) is 6.07 Å². The van der Waals surface area contributed by atoms with Crippen molar-refractivity contribution in [3.63, 3.8) is 0 Å². The molecule has 1 aliphatic rings. The average molecular weight is 401 g/mol. The molecule has 28 heavy (non-hydrogen) atoms. The number of piperazine rings is 1. The lowest BCUT2D eigenvalue weighted by Gasteiger charge is -2.32. The Morgan fingerprint density at radius 3 is 2.29 bits per heavy atom. The van der Waals surface area contributed by atoms with E-state index in [0.717, 1.165) is 43.2 Å². The van der Waals surface area contributed by atoms with Crippen molar-refractivity contribution in [3.05, 3.63) is 57.3 Å². The number of carbonyl (C=O) groups excluding carboxylic acids is 2. The fourth-order valence-electron chi connectivity index (χ4n) is 3.10. The van der Waals surface area contributed by atoms with E-state index in [1.54, 1.807) is 6.07 Å². The Morgan fingerprint density at radius 1 is 0.929 bits per heavy atom. The van der Waals surface area contributed by atoms with Crippen LogP contribution in [0.2, 0.25) is 0 Å². The molecule has 1 aromatic heterocycles. The van der Waals surface area contributed by atoms with Crippen molar-refractivity contribution < 1.29 is 9.59 Å². The molecule has 0 aliphatic carbocycles. The summed E-state index contributed by atoms with van der Waals surface area (Å²) in [5.41, 5.74) is 2.39. The van der Waals surface area contributed by atoms with Crippen molar-refractivity contribution in [1.82, 2.24) is 20.4 Å². The molecule has 0 radical (unpaired) electrons. The van der Waals surface area contributed by atoms with Crippen molar-refractivity contribution in [2.45, 2.75) is 26.6 Å². The van der Waals surface area contributed by atoms with Crippen molar-refractivity contribution in [2.75, 3.05) is 33.2 Å². The molecule has 7 heteroatoms. The van der Waals surface area contributed by atoms with Gasteiger partial charge in [0.1, 0.15) is 0 Å². The van der Waals surface area contributed by atoms with E-state index < -0.39 is 0 Å². The molecule has 3 rings (SSSR count). The number of hydrogen-bond acceptors (Lipinski definition) is 5. The van der Waals surface area contributed by atoms with Crippen LogP contribution in [-0.2, 0) is 24.4 Å². The lowest BCUT2D eigenvalue weighted by atomic mass is 10.1. The highest BCUT2D eigenvalue weighted by atomic mass is 32.1. The van der Waals surface area contributed by atoms with Gasteiger partial charge in [0.05, 0.1) is 11.4 Å². The van der Waals surface area contributed by atoms with Crippen LogP contribution in [0.5, 0.6) is 0 Å². The van der Waals surface area contributed by atoms with Crippen molar-refractivity contribution in [1.29, 1.82) is 0 Å². The van der Waals surface area contributed by atoms with Crippen LogP contribution in [0.1, 0.15) is 32.6 Å². The normalized spacial score (nSPS) is 15.4. The van der Waals surface area contributed by atoms with Gasteiger partial charge in [0.2, 0.25) is 5.91 Å². The predicted molar refractivity (Wildman–Crippen MR) is 112 cm³/mol. The van der Waals surface area contributed by atoms with Crippen LogP contribution in [0.4, 0.5) is 0 Å². The SMILES string of the molecule is CC(=O)NCc1ccc(C(=O)NCc2ccc(CN3CCN(C)CC3)cc2)s1. The number of rotatable bonds is 7. The van der Waals surface area contributed by atoms with Gasteiger partial charge in [-0.15, -0.1) is 11.3 Å². The summed E-state index contributed by atoms with van der Waals surface area (Å²) >= 11 is 1.40. The fourth-order valence-corrected chi connectivity index (χ4v) is 3.97. The van der Waals surface area contributed by atoms with Gasteiger partial charge in [-0.05, 0) is 30.3 Å². The van der Waals surface area contributed by atoms with E-state index >= 15 is 0 Å². The van der Waals surface area contributed by atoms with E-state index in [2.05, 4.69) is 51.7 Å². The van der Waals surface area contributed by atoms with Gasteiger partial charge in [0.25, 0.3) is 5.91 Å². The second kappa shape index (κ2) is 9.82. The highest BCUT2D eigenvalue weighted by Gasteiger charge is 2.14. The standard InChI is InChI=1S/C21H28N4O2S/c1-16(26)22-14-19-7-8-20(28-19)21(27)23-13-17-3-5-18(6-4-17)15-25-11-9-24(2)10-12-25/h3-8H,9-15H2,1-2H3,(H,22,26)(H,23,27). The number of nitrogens with one attached hydrogen (secondary N) is 2. The van der Waals surface area contributed by atoms with E-state index in [-0.39, 0.29) is 11.8 Å². The number of carbonyl (C=O) groups is 2. The summed E-state index contributed by atoms with van der Waals surface area (Å²) in [6.45, 7) is 7.90. The molecule has 6 nitrogen and oxygen atoms in total. The first-order valence-corrected chi connectivity index (χ1v) is 10.4. The van der Waals surface area contributed by atoms with Crippen LogP contribution >= 0.6 is 11.3 Å². The van der Waals surface area contributed by atoms with Gasteiger partial charge >= 0.3 is 0 Å². The molecule has 0 atom stereocenters. The van der Waals surface area contributed by atoms with Crippen LogP contribution in [0, 0.1) is 0 Å². The quantitative estimate of drug-likeness (QED) is 0.747. The molecule has 0 unspecified atom stereocenters.